The Labute approximate surface area is 175 Å². The summed E-state index contributed by atoms with van der Waals surface area (Å²) >= 11 is 0. The van der Waals surface area contributed by atoms with Gasteiger partial charge in [-0.3, -0.25) is 14.5 Å². The topological polar surface area (TPSA) is 80.5 Å². The van der Waals surface area contributed by atoms with Crippen molar-refractivity contribution in [1.82, 2.24) is 34.7 Å². The Kier molecular flexibility index (Phi) is 4.87. The van der Waals surface area contributed by atoms with Crippen LogP contribution in [0, 0.1) is 5.82 Å². The maximum Gasteiger partial charge on any atom is 0.257 e. The molecule has 31 heavy (non-hydrogen) atoms. The number of rotatable bonds is 5. The summed E-state index contributed by atoms with van der Waals surface area (Å²) in [6.07, 6.45) is 3.22. The van der Waals surface area contributed by atoms with E-state index in [4.69, 9.17) is 0 Å². The van der Waals surface area contributed by atoms with Crippen molar-refractivity contribution in [3.63, 3.8) is 0 Å². The van der Waals surface area contributed by atoms with Crippen LogP contribution >= 0.6 is 0 Å². The molecule has 0 spiro atoms. The summed E-state index contributed by atoms with van der Waals surface area (Å²) in [5, 5.41) is 15.2. The quantitative estimate of drug-likeness (QED) is 0.523. The first-order chi connectivity index (χ1) is 15.0. The Balaban J connectivity index is 1.82. The van der Waals surface area contributed by atoms with Gasteiger partial charge in [0.1, 0.15) is 29.0 Å². The third kappa shape index (κ3) is 3.43. The van der Waals surface area contributed by atoms with Gasteiger partial charge in [-0.15, -0.1) is 0 Å². The fourth-order valence-electron chi connectivity index (χ4n) is 4.19. The summed E-state index contributed by atoms with van der Waals surface area (Å²) in [6, 6.07) is 3.46. The van der Waals surface area contributed by atoms with Crippen LogP contribution in [0.25, 0.3) is 33.8 Å². The number of anilines is 1. The van der Waals surface area contributed by atoms with Gasteiger partial charge in [0.2, 0.25) is 0 Å². The number of nitrogens with one attached hydrogen (secondary N) is 1. The van der Waals surface area contributed by atoms with E-state index in [9.17, 15) is 13.2 Å². The molecule has 0 bridgehead atoms. The number of aryl methyl sites for hydroxylation is 1. The first-order valence-corrected chi connectivity index (χ1v) is 10.1. The molecule has 1 saturated heterocycles. The van der Waals surface area contributed by atoms with Gasteiger partial charge in [0.15, 0.2) is 5.82 Å². The zero-order valence-corrected chi connectivity index (χ0v) is 16.9. The van der Waals surface area contributed by atoms with E-state index >= 15 is 0 Å². The van der Waals surface area contributed by atoms with Gasteiger partial charge in [-0.2, -0.15) is 15.3 Å². The predicted octanol–water partition coefficient (Wildman–Crippen LogP) is 3.62. The molecule has 0 saturated carbocycles. The fraction of sp³-hybridized carbons (Fsp3) is 0.400. The molecule has 0 aromatic carbocycles. The van der Waals surface area contributed by atoms with Crippen molar-refractivity contribution in [2.75, 3.05) is 18.0 Å². The number of H-pyrrole nitrogens is 1. The summed E-state index contributed by atoms with van der Waals surface area (Å²) in [4.78, 5) is 6.82. The van der Waals surface area contributed by atoms with E-state index in [1.165, 1.54) is 9.36 Å². The minimum Gasteiger partial charge on any atom is -0.370 e. The van der Waals surface area contributed by atoms with Crippen LogP contribution in [0.4, 0.5) is 18.9 Å². The molecule has 0 atom stereocenters. The summed E-state index contributed by atoms with van der Waals surface area (Å²) in [7, 11) is 1.64. The van der Waals surface area contributed by atoms with Crippen molar-refractivity contribution in [2.45, 2.75) is 32.2 Å². The molecular formula is C20H21F3N8. The van der Waals surface area contributed by atoms with Gasteiger partial charge in [0.05, 0.1) is 23.3 Å². The second kappa shape index (κ2) is 7.71. The second-order valence-electron chi connectivity index (χ2n) is 7.63. The number of pyridine rings is 1. The number of alkyl halides is 2. The highest BCUT2D eigenvalue weighted by Gasteiger charge is 2.26. The molecule has 4 aromatic heterocycles. The lowest BCUT2D eigenvalue weighted by atomic mass is 10.1. The van der Waals surface area contributed by atoms with Crippen LogP contribution in [0.1, 0.15) is 19.3 Å². The summed E-state index contributed by atoms with van der Waals surface area (Å²) < 4.78 is 44.1. The third-order valence-corrected chi connectivity index (χ3v) is 5.58. The molecule has 1 fully saturated rings. The molecule has 1 N–H and O–H groups in total. The predicted molar refractivity (Wildman–Crippen MR) is 109 cm³/mol. The number of hydrogen-bond donors (Lipinski definition) is 1. The largest absolute Gasteiger partial charge is 0.370 e. The Morgan fingerprint density at radius 2 is 2.00 bits per heavy atom. The maximum atomic E-state index is 14.5. The number of halogens is 3. The fourth-order valence-corrected chi connectivity index (χ4v) is 4.19. The van der Waals surface area contributed by atoms with Crippen molar-refractivity contribution in [1.29, 1.82) is 0 Å². The number of nitrogens with zero attached hydrogens (tertiary/aromatic N) is 7. The van der Waals surface area contributed by atoms with Gasteiger partial charge in [-0.25, -0.2) is 18.2 Å². The lowest BCUT2D eigenvalue weighted by molar-refractivity contribution is 0.123. The van der Waals surface area contributed by atoms with Crippen molar-refractivity contribution >= 4 is 16.7 Å². The average Bonchev–Trinajstić information content (AvgIpc) is 3.48. The summed E-state index contributed by atoms with van der Waals surface area (Å²) in [5.74, 6) is -0.498. The zero-order valence-electron chi connectivity index (χ0n) is 16.9. The number of hydrogen-bond acceptors (Lipinski definition) is 5. The molecule has 8 nitrogen and oxygen atoms in total. The van der Waals surface area contributed by atoms with E-state index in [1.807, 2.05) is 0 Å². The number of fused-ring (bicyclic) bond motifs is 1. The molecule has 5 rings (SSSR count). The minimum absolute atomic E-state index is 0.234. The van der Waals surface area contributed by atoms with Gasteiger partial charge >= 0.3 is 0 Å². The Morgan fingerprint density at radius 3 is 2.65 bits per heavy atom. The smallest absolute Gasteiger partial charge is 0.257 e. The Bertz CT molecular complexity index is 1190. The molecular weight excluding hydrogens is 409 g/mol. The lowest BCUT2D eigenvalue weighted by Crippen LogP contribution is -2.30. The van der Waals surface area contributed by atoms with E-state index in [-0.39, 0.29) is 5.69 Å². The normalized spacial score (nSPS) is 14.8. The number of piperidine rings is 1. The van der Waals surface area contributed by atoms with Crippen LogP contribution in [0.15, 0.2) is 24.5 Å². The highest BCUT2D eigenvalue weighted by atomic mass is 19.3. The first kappa shape index (κ1) is 19.6. The van der Waals surface area contributed by atoms with Gasteiger partial charge in [-0.1, -0.05) is 0 Å². The van der Waals surface area contributed by atoms with Crippen molar-refractivity contribution in [3.8, 4) is 22.8 Å². The highest BCUT2D eigenvalue weighted by Crippen LogP contribution is 2.37. The molecule has 1 aliphatic heterocycles. The lowest BCUT2D eigenvalue weighted by Gasteiger charge is -2.30. The van der Waals surface area contributed by atoms with Gasteiger partial charge in [-0.05, 0) is 31.4 Å². The van der Waals surface area contributed by atoms with Crippen molar-refractivity contribution in [3.05, 3.63) is 30.3 Å². The molecule has 5 heterocycles. The maximum absolute atomic E-state index is 14.5. The summed E-state index contributed by atoms with van der Waals surface area (Å²) in [5.41, 5.74) is 3.22. The monoisotopic (exact) mass is 430 g/mol. The molecule has 0 radical (unpaired) electrons. The van der Waals surface area contributed by atoms with Crippen LogP contribution in [-0.4, -0.2) is 54.3 Å². The van der Waals surface area contributed by atoms with Gasteiger partial charge < -0.3 is 4.90 Å². The Hall–Kier alpha value is -3.37. The van der Waals surface area contributed by atoms with Crippen molar-refractivity contribution < 1.29 is 13.2 Å². The SMILES string of the molecule is Cn1ncc(F)c1-c1cc(N2CCCCC2)c2c(n1)c(-c1ccn[nH]1)nn2CC(F)F. The second-order valence-corrected chi connectivity index (χ2v) is 7.63. The molecule has 4 aromatic rings. The van der Waals surface area contributed by atoms with Crippen LogP contribution in [-0.2, 0) is 13.6 Å². The molecule has 1 aliphatic rings. The van der Waals surface area contributed by atoms with E-state index in [1.54, 1.807) is 25.4 Å². The van der Waals surface area contributed by atoms with Crippen LogP contribution in [0.2, 0.25) is 0 Å². The first-order valence-electron chi connectivity index (χ1n) is 10.1. The number of aromatic amines is 1. The van der Waals surface area contributed by atoms with Crippen LogP contribution in [0.3, 0.4) is 0 Å². The zero-order chi connectivity index (χ0) is 21.5. The number of aromatic nitrogens is 7. The minimum atomic E-state index is -2.58. The average molecular weight is 430 g/mol. The summed E-state index contributed by atoms with van der Waals surface area (Å²) in [6.45, 7) is 1.00. The van der Waals surface area contributed by atoms with Crippen LogP contribution in [0.5, 0.6) is 0 Å². The van der Waals surface area contributed by atoms with E-state index < -0.39 is 18.8 Å². The van der Waals surface area contributed by atoms with E-state index in [0.717, 1.165) is 44.2 Å². The molecule has 0 amide bonds. The highest BCUT2D eigenvalue weighted by molar-refractivity contribution is 5.98. The van der Waals surface area contributed by atoms with E-state index in [0.29, 0.717) is 28.1 Å². The molecule has 162 valence electrons. The van der Waals surface area contributed by atoms with Gasteiger partial charge in [0.25, 0.3) is 6.43 Å². The molecule has 11 heteroatoms. The van der Waals surface area contributed by atoms with Crippen LogP contribution < -0.4 is 4.90 Å². The van der Waals surface area contributed by atoms with E-state index in [2.05, 4.69) is 30.3 Å². The molecule has 0 unspecified atom stereocenters. The Morgan fingerprint density at radius 1 is 1.19 bits per heavy atom. The standard InChI is InChI=1S/C20H21F3N8/c1-29-19(12(21)10-25-29)14-9-15(30-7-3-2-4-8-30)20-18(26-14)17(13-5-6-24-27-13)28-31(20)11-16(22)23/h5-6,9-10,16H,2-4,7-8,11H2,1H3,(H,24,27). The third-order valence-electron chi connectivity index (χ3n) is 5.58. The molecule has 0 aliphatic carbocycles. The van der Waals surface area contributed by atoms with Crippen molar-refractivity contribution in [2.24, 2.45) is 7.05 Å². The van der Waals surface area contributed by atoms with Gasteiger partial charge in [0, 0.05) is 26.3 Å².